The van der Waals surface area contributed by atoms with E-state index in [1.807, 2.05) is 6.92 Å². The summed E-state index contributed by atoms with van der Waals surface area (Å²) < 4.78 is 5.54. The summed E-state index contributed by atoms with van der Waals surface area (Å²) >= 11 is 0. The molecule has 2 aliphatic rings. The Morgan fingerprint density at radius 3 is 2.55 bits per heavy atom. The fraction of sp³-hybridized carbons (Fsp3) is 0.938. The van der Waals surface area contributed by atoms with Gasteiger partial charge in [0.2, 0.25) is 5.91 Å². The quantitative estimate of drug-likeness (QED) is 0.814. The topological polar surface area (TPSA) is 41.6 Å². The summed E-state index contributed by atoms with van der Waals surface area (Å²) in [5, 5.41) is 3.68. The Bertz CT molecular complexity index is 337. The fourth-order valence-corrected chi connectivity index (χ4v) is 3.67. The number of rotatable bonds is 6. The van der Waals surface area contributed by atoms with Gasteiger partial charge >= 0.3 is 0 Å². The lowest BCUT2D eigenvalue weighted by Gasteiger charge is -2.31. The molecule has 20 heavy (non-hydrogen) atoms. The molecule has 1 heterocycles. The number of nitrogens with one attached hydrogen (secondary N) is 1. The Balaban J connectivity index is 2.13. The molecule has 0 radical (unpaired) electrons. The Hall–Kier alpha value is -0.610. The second kappa shape index (κ2) is 6.44. The zero-order chi connectivity index (χ0) is 14.8. The first-order valence-corrected chi connectivity index (χ1v) is 8.18. The standard InChI is InChI=1S/C16H30N2O2/c1-5-20-11-13(4)18-14(10-12(2)3)17-16(15(18)19)8-6-7-9-16/h12-14,17H,5-11H2,1-4H3. The summed E-state index contributed by atoms with van der Waals surface area (Å²) in [7, 11) is 0. The predicted octanol–water partition coefficient (Wildman–Crippen LogP) is 2.53. The van der Waals surface area contributed by atoms with E-state index in [1.165, 1.54) is 12.8 Å². The summed E-state index contributed by atoms with van der Waals surface area (Å²) in [6, 6.07) is 0.152. The molecule has 2 atom stereocenters. The van der Waals surface area contributed by atoms with Crippen LogP contribution >= 0.6 is 0 Å². The Morgan fingerprint density at radius 1 is 1.35 bits per heavy atom. The van der Waals surface area contributed by atoms with Crippen LogP contribution < -0.4 is 5.32 Å². The van der Waals surface area contributed by atoms with E-state index < -0.39 is 0 Å². The smallest absolute Gasteiger partial charge is 0.244 e. The van der Waals surface area contributed by atoms with Crippen LogP contribution in [-0.4, -0.2) is 41.8 Å². The number of ether oxygens (including phenoxy) is 1. The first-order chi connectivity index (χ1) is 9.50. The molecule has 1 aliphatic heterocycles. The van der Waals surface area contributed by atoms with Gasteiger partial charge < -0.3 is 9.64 Å². The predicted molar refractivity (Wildman–Crippen MR) is 80.4 cm³/mol. The maximum atomic E-state index is 12.9. The Kier molecular flexibility index (Phi) is 5.08. The normalized spacial score (nSPS) is 26.9. The van der Waals surface area contributed by atoms with Crippen LogP contribution in [0.25, 0.3) is 0 Å². The molecular weight excluding hydrogens is 252 g/mol. The molecule has 1 saturated carbocycles. The van der Waals surface area contributed by atoms with Crippen LogP contribution in [-0.2, 0) is 9.53 Å². The molecule has 0 aromatic carbocycles. The molecule has 2 unspecified atom stereocenters. The Labute approximate surface area is 123 Å². The molecule has 1 N–H and O–H groups in total. The molecule has 2 rings (SSSR count). The maximum absolute atomic E-state index is 12.9. The number of carbonyl (C=O) groups is 1. The van der Waals surface area contributed by atoms with Gasteiger partial charge in [-0.3, -0.25) is 10.1 Å². The second-order valence-electron chi connectivity index (χ2n) is 6.80. The highest BCUT2D eigenvalue weighted by molar-refractivity contribution is 5.89. The summed E-state index contributed by atoms with van der Waals surface area (Å²) in [6.07, 6.45) is 5.53. The van der Waals surface area contributed by atoms with Gasteiger partial charge in [0, 0.05) is 6.61 Å². The molecule has 4 heteroatoms. The number of hydrogen-bond donors (Lipinski definition) is 1. The van der Waals surface area contributed by atoms with Crippen LogP contribution in [0.3, 0.4) is 0 Å². The molecule has 1 aliphatic carbocycles. The van der Waals surface area contributed by atoms with Gasteiger partial charge in [-0.05, 0) is 39.0 Å². The van der Waals surface area contributed by atoms with Crippen molar-refractivity contribution in [1.82, 2.24) is 10.2 Å². The molecule has 0 aromatic rings. The average Bonchev–Trinajstić information content (AvgIpc) is 2.94. The van der Waals surface area contributed by atoms with E-state index in [0.29, 0.717) is 25.0 Å². The lowest BCUT2D eigenvalue weighted by atomic mass is 9.97. The highest BCUT2D eigenvalue weighted by Gasteiger charge is 2.53. The minimum atomic E-state index is -0.264. The van der Waals surface area contributed by atoms with Crippen LogP contribution in [0.4, 0.5) is 0 Å². The SMILES string of the molecule is CCOCC(C)N1C(=O)C2(CCCC2)NC1CC(C)C. The largest absolute Gasteiger partial charge is 0.380 e. The molecular formula is C16H30N2O2. The number of hydrogen-bond acceptors (Lipinski definition) is 3. The molecule has 1 saturated heterocycles. The van der Waals surface area contributed by atoms with Crippen molar-refractivity contribution in [2.24, 2.45) is 5.92 Å². The van der Waals surface area contributed by atoms with Crippen LogP contribution in [0.15, 0.2) is 0 Å². The third-order valence-electron chi connectivity index (χ3n) is 4.61. The van der Waals surface area contributed by atoms with Crippen LogP contribution in [0.5, 0.6) is 0 Å². The van der Waals surface area contributed by atoms with Crippen LogP contribution in [0.1, 0.15) is 59.8 Å². The Morgan fingerprint density at radius 2 is 2.00 bits per heavy atom. The van der Waals surface area contributed by atoms with E-state index in [4.69, 9.17) is 4.74 Å². The third kappa shape index (κ3) is 3.01. The number of amides is 1. The van der Waals surface area contributed by atoms with E-state index in [0.717, 1.165) is 19.3 Å². The van der Waals surface area contributed by atoms with Crippen molar-refractivity contribution in [2.45, 2.75) is 77.5 Å². The summed E-state index contributed by atoms with van der Waals surface area (Å²) in [6.45, 7) is 9.89. The molecule has 116 valence electrons. The van der Waals surface area contributed by atoms with Crippen LogP contribution in [0, 0.1) is 5.92 Å². The van der Waals surface area contributed by atoms with Crippen molar-refractivity contribution in [3.05, 3.63) is 0 Å². The third-order valence-corrected chi connectivity index (χ3v) is 4.61. The average molecular weight is 282 g/mol. The van der Waals surface area contributed by atoms with E-state index in [1.54, 1.807) is 0 Å². The molecule has 1 spiro atoms. The molecule has 0 aromatic heterocycles. The maximum Gasteiger partial charge on any atom is 0.244 e. The summed E-state index contributed by atoms with van der Waals surface area (Å²) in [5.41, 5.74) is -0.264. The fourth-order valence-electron chi connectivity index (χ4n) is 3.67. The van der Waals surface area contributed by atoms with Crippen molar-refractivity contribution in [3.63, 3.8) is 0 Å². The highest BCUT2D eigenvalue weighted by atomic mass is 16.5. The monoisotopic (exact) mass is 282 g/mol. The van der Waals surface area contributed by atoms with Crippen LogP contribution in [0.2, 0.25) is 0 Å². The van der Waals surface area contributed by atoms with Crippen molar-refractivity contribution in [3.8, 4) is 0 Å². The molecule has 2 fully saturated rings. The van der Waals surface area contributed by atoms with Gasteiger partial charge in [0.05, 0.1) is 24.4 Å². The van der Waals surface area contributed by atoms with E-state index >= 15 is 0 Å². The van der Waals surface area contributed by atoms with Gasteiger partial charge in [-0.15, -0.1) is 0 Å². The van der Waals surface area contributed by atoms with Gasteiger partial charge in [-0.1, -0.05) is 26.7 Å². The highest BCUT2D eigenvalue weighted by Crippen LogP contribution is 2.38. The van der Waals surface area contributed by atoms with Crippen molar-refractivity contribution in [1.29, 1.82) is 0 Å². The lowest BCUT2D eigenvalue weighted by molar-refractivity contribution is -0.136. The first-order valence-electron chi connectivity index (χ1n) is 8.18. The van der Waals surface area contributed by atoms with Crippen molar-refractivity contribution in [2.75, 3.05) is 13.2 Å². The minimum Gasteiger partial charge on any atom is -0.380 e. The number of carbonyl (C=O) groups excluding carboxylic acids is 1. The van der Waals surface area contributed by atoms with Gasteiger partial charge in [0.1, 0.15) is 0 Å². The van der Waals surface area contributed by atoms with Gasteiger partial charge in [0.15, 0.2) is 0 Å². The van der Waals surface area contributed by atoms with Gasteiger partial charge in [0.25, 0.3) is 0 Å². The summed E-state index contributed by atoms with van der Waals surface area (Å²) in [4.78, 5) is 15.0. The van der Waals surface area contributed by atoms with E-state index in [2.05, 4.69) is 31.0 Å². The molecule has 1 amide bonds. The second-order valence-corrected chi connectivity index (χ2v) is 6.80. The molecule has 4 nitrogen and oxygen atoms in total. The zero-order valence-electron chi connectivity index (χ0n) is 13.4. The van der Waals surface area contributed by atoms with Crippen molar-refractivity contribution >= 4 is 5.91 Å². The number of nitrogens with zero attached hydrogens (tertiary/aromatic N) is 1. The summed E-state index contributed by atoms with van der Waals surface area (Å²) in [5.74, 6) is 0.895. The minimum absolute atomic E-state index is 0.152. The lowest BCUT2D eigenvalue weighted by Crippen LogP contribution is -2.46. The zero-order valence-corrected chi connectivity index (χ0v) is 13.4. The first kappa shape index (κ1) is 15.8. The van der Waals surface area contributed by atoms with Crippen molar-refractivity contribution < 1.29 is 9.53 Å². The van der Waals surface area contributed by atoms with E-state index in [9.17, 15) is 4.79 Å². The molecule has 0 bridgehead atoms. The van der Waals surface area contributed by atoms with E-state index in [-0.39, 0.29) is 17.7 Å². The van der Waals surface area contributed by atoms with Gasteiger partial charge in [-0.25, -0.2) is 0 Å². The van der Waals surface area contributed by atoms with Gasteiger partial charge in [-0.2, -0.15) is 0 Å².